The molecule has 1 saturated carbocycles. The van der Waals surface area contributed by atoms with Gasteiger partial charge in [0.15, 0.2) is 11.3 Å². The lowest BCUT2D eigenvalue weighted by molar-refractivity contribution is -0.142. The summed E-state index contributed by atoms with van der Waals surface area (Å²) in [5, 5.41) is 40.7. The Morgan fingerprint density at radius 3 is 2.62 bits per heavy atom. The number of nitrogens with zero attached hydrogens (tertiary/aromatic N) is 9. The number of fused-ring (bicyclic) bond motifs is 7. The first kappa shape index (κ1) is 54.9. The highest BCUT2D eigenvalue weighted by atomic mass is 19.1. The number of amides is 2. The van der Waals surface area contributed by atoms with E-state index in [1.807, 2.05) is 49.0 Å². The van der Waals surface area contributed by atoms with Crippen molar-refractivity contribution in [3.8, 4) is 34.1 Å². The number of anilines is 1. The fourth-order valence-electron chi connectivity index (χ4n) is 14.1. The number of aliphatic hydroxyl groups excluding tert-OH is 1. The standard InChI is InChI=1S/C65H69FN14O7/c1-5-79-53(13-17-71-79)44-11-9-37(47-27-67-16-12-42(44)47)25-69-62(82)54-22-40(81)30-78(54)64(84)59(33(2)3)80-31-49-43-10-6-35(20-51(43)72-63(83)58(49)76-80)32-86-60-56(55-34(4)50(66)24-52-48(55)28-70-75-52)45(36-7-8-36)23-46-57(60)73-65(87-41-14-18-85-19-15-41)74-61(46)77-29-38-21-39(77)26-68-38/h6,9-11,13,17,20-21,23-24,28,31,33,36,39-41,54,59,67-68,81H,5,7-8,12,14-16,18-19,22,25-27,29-30,32H2,1-4H3,(H,69,82)(H,70,75)(H,72,83)/t39-,40+,54-,59-/m0/s1. The van der Waals surface area contributed by atoms with Crippen LogP contribution in [-0.4, -0.2) is 130 Å². The van der Waals surface area contributed by atoms with E-state index in [0.717, 1.165) is 100 Å². The molecule has 0 spiro atoms. The van der Waals surface area contributed by atoms with Crippen LogP contribution < -0.4 is 35.9 Å². The van der Waals surface area contributed by atoms with Gasteiger partial charge in [-0.15, -0.1) is 0 Å². The maximum absolute atomic E-state index is 16.3. The summed E-state index contributed by atoms with van der Waals surface area (Å²) >= 11 is 0. The highest BCUT2D eigenvalue weighted by Crippen LogP contribution is 2.54. The summed E-state index contributed by atoms with van der Waals surface area (Å²) in [7, 11) is 0. The fraction of sp³-hybridized carbons (Fsp3) is 0.415. The molecule has 4 atom stereocenters. The smallest absolute Gasteiger partial charge is 0.319 e. The molecule has 0 unspecified atom stereocenters. The Morgan fingerprint density at radius 1 is 0.966 bits per heavy atom. The van der Waals surface area contributed by atoms with E-state index in [4.69, 9.17) is 29.3 Å². The van der Waals surface area contributed by atoms with Crippen LogP contribution in [0.5, 0.6) is 11.8 Å². The van der Waals surface area contributed by atoms with Crippen molar-refractivity contribution in [3.63, 3.8) is 0 Å². The third-order valence-corrected chi connectivity index (χ3v) is 18.6. The van der Waals surface area contributed by atoms with Crippen LogP contribution in [0.25, 0.3) is 66.0 Å². The van der Waals surface area contributed by atoms with Gasteiger partial charge in [0.05, 0.1) is 49.3 Å². The Balaban J connectivity index is 0.750. The molecule has 4 aromatic carbocycles. The first-order valence-corrected chi connectivity index (χ1v) is 30.6. The van der Waals surface area contributed by atoms with E-state index < -0.39 is 23.7 Å². The van der Waals surface area contributed by atoms with E-state index in [9.17, 15) is 19.5 Å². The van der Waals surface area contributed by atoms with E-state index >= 15 is 4.39 Å². The van der Waals surface area contributed by atoms with Crippen molar-refractivity contribution in [1.29, 1.82) is 0 Å². The number of hydrogen-bond donors (Lipinski definition) is 6. The van der Waals surface area contributed by atoms with Crippen LogP contribution in [0, 0.1) is 18.7 Å². The molecule has 0 radical (unpaired) electrons. The number of carbonyl (C=O) groups is 2. The van der Waals surface area contributed by atoms with Crippen molar-refractivity contribution in [2.24, 2.45) is 5.92 Å². The van der Waals surface area contributed by atoms with E-state index in [-0.39, 0.29) is 79.3 Å². The molecule has 448 valence electrons. The summed E-state index contributed by atoms with van der Waals surface area (Å²) in [6, 6.07) is 14.1. The Labute approximate surface area is 499 Å². The molecule has 9 aromatic rings. The van der Waals surface area contributed by atoms with E-state index in [2.05, 4.69) is 72.3 Å². The number of likely N-dealkylation sites (tertiary alicyclic amines) is 1. The zero-order valence-corrected chi connectivity index (χ0v) is 49.1. The quantitative estimate of drug-likeness (QED) is 0.0548. The lowest BCUT2D eigenvalue weighted by Crippen LogP contribution is -2.49. The van der Waals surface area contributed by atoms with Crippen molar-refractivity contribution < 1.29 is 33.3 Å². The molecule has 2 amide bonds. The van der Waals surface area contributed by atoms with Crippen LogP contribution in [0.4, 0.5) is 10.2 Å². The predicted octanol–water partition coefficient (Wildman–Crippen LogP) is 7.51. The molecular formula is C65H69FN14O7. The Morgan fingerprint density at radius 2 is 1.83 bits per heavy atom. The molecule has 2 saturated heterocycles. The number of halogens is 1. The number of H-pyrrole nitrogens is 2. The number of benzene rings is 4. The molecule has 87 heavy (non-hydrogen) atoms. The summed E-state index contributed by atoms with van der Waals surface area (Å²) < 4.78 is 39.3. The van der Waals surface area contributed by atoms with Crippen LogP contribution in [0.1, 0.15) is 98.2 Å². The topological polar surface area (TPSA) is 248 Å². The second-order valence-electron chi connectivity index (χ2n) is 24.5. The summed E-state index contributed by atoms with van der Waals surface area (Å²) in [6.07, 6.45) is 10.7. The van der Waals surface area contributed by atoms with Gasteiger partial charge in [-0.1, -0.05) is 38.1 Å². The number of rotatable bonds is 16. The maximum Gasteiger partial charge on any atom is 0.319 e. The SMILES string of the molecule is CCn1nccc1-c1ccc(CNC(=O)[C@@H]2C[C@@H](O)CN2C(=O)[C@H](C(C)C)n2cc3c(n2)c(=O)[nH]c2cc(COc4c(-c5c(C)c(F)cc6[nH]ncc56)c(C5CC5)cc5c(N6CC7=C[C@H]6CN7)nc(OC6CCOCC6)nc45)ccc23)c2c1CCNC2. The molecule has 6 N–H and O–H groups in total. The molecule has 5 aliphatic heterocycles. The minimum atomic E-state index is -0.928. The molecule has 3 fully saturated rings. The van der Waals surface area contributed by atoms with Crippen molar-refractivity contribution in [2.75, 3.05) is 44.3 Å². The van der Waals surface area contributed by atoms with E-state index in [1.54, 1.807) is 19.3 Å². The number of aryl methyl sites for hydroxylation is 1. The van der Waals surface area contributed by atoms with Crippen molar-refractivity contribution in [2.45, 2.75) is 129 Å². The van der Waals surface area contributed by atoms with Gasteiger partial charge in [0.1, 0.15) is 41.9 Å². The van der Waals surface area contributed by atoms with E-state index in [1.165, 1.54) is 21.2 Å². The van der Waals surface area contributed by atoms with Gasteiger partial charge in [0.25, 0.3) is 5.56 Å². The number of carbonyl (C=O) groups excluding carboxylic acids is 2. The molecule has 5 aromatic heterocycles. The van der Waals surface area contributed by atoms with Gasteiger partial charge in [-0.25, -0.2) is 4.39 Å². The maximum atomic E-state index is 16.3. The Bertz CT molecular complexity index is 4350. The van der Waals surface area contributed by atoms with Crippen molar-refractivity contribution in [3.05, 3.63) is 128 Å². The monoisotopic (exact) mass is 1180 g/mol. The van der Waals surface area contributed by atoms with Crippen LogP contribution in [-0.2, 0) is 47.0 Å². The second-order valence-corrected chi connectivity index (χ2v) is 24.5. The Kier molecular flexibility index (Phi) is 13.8. The molecular weight excluding hydrogens is 1110 g/mol. The van der Waals surface area contributed by atoms with Gasteiger partial charge in [-0.3, -0.25) is 28.8 Å². The number of β-amino-alcohol motifs (C(OH)–C–C–N with tert-alkyl or cyclic N) is 1. The van der Waals surface area contributed by atoms with Gasteiger partial charge in [0, 0.05) is 114 Å². The summed E-state index contributed by atoms with van der Waals surface area (Å²) in [6.45, 7) is 12.7. The summed E-state index contributed by atoms with van der Waals surface area (Å²) in [4.78, 5) is 60.7. The third-order valence-electron chi connectivity index (χ3n) is 18.6. The van der Waals surface area contributed by atoms with Gasteiger partial charge in [-0.05, 0) is 115 Å². The molecule has 6 aliphatic rings. The normalized spacial score (nSPS) is 19.9. The highest BCUT2D eigenvalue weighted by molar-refractivity contribution is 6.07. The Hall–Kier alpha value is -8.73. The lowest BCUT2D eigenvalue weighted by atomic mass is 9.88. The molecule has 21 nitrogen and oxygen atoms in total. The first-order chi connectivity index (χ1) is 42.3. The zero-order valence-electron chi connectivity index (χ0n) is 49.1. The van der Waals surface area contributed by atoms with Crippen LogP contribution in [0.3, 0.4) is 0 Å². The molecule has 10 heterocycles. The van der Waals surface area contributed by atoms with Crippen LogP contribution in [0.15, 0.2) is 83.7 Å². The first-order valence-electron chi connectivity index (χ1n) is 30.6. The van der Waals surface area contributed by atoms with Crippen LogP contribution >= 0.6 is 0 Å². The minimum Gasteiger partial charge on any atom is -0.486 e. The molecule has 2 bridgehead atoms. The average Bonchev–Trinajstić information content (AvgIpc) is 1.78. The largest absolute Gasteiger partial charge is 0.486 e. The van der Waals surface area contributed by atoms with Gasteiger partial charge in [-0.2, -0.15) is 25.3 Å². The highest BCUT2D eigenvalue weighted by Gasteiger charge is 2.43. The third kappa shape index (κ3) is 9.72. The van der Waals surface area contributed by atoms with Gasteiger partial charge >= 0.3 is 6.01 Å². The number of ether oxygens (including phenoxy) is 3. The number of piperazine rings is 1. The number of aromatic nitrogens is 9. The number of nitrogens with one attached hydrogen (secondary N) is 5. The van der Waals surface area contributed by atoms with Gasteiger partial charge in [0.2, 0.25) is 11.8 Å². The summed E-state index contributed by atoms with van der Waals surface area (Å²) in [5.74, 6) is -0.0641. The summed E-state index contributed by atoms with van der Waals surface area (Å²) in [5.41, 5.74) is 11.6. The van der Waals surface area contributed by atoms with Gasteiger partial charge < -0.3 is 50.1 Å². The number of aliphatic hydroxyl groups is 1. The lowest BCUT2D eigenvalue weighted by Gasteiger charge is -2.31. The minimum absolute atomic E-state index is 0.0274. The fourth-order valence-corrected chi connectivity index (χ4v) is 14.1. The van der Waals surface area contributed by atoms with Crippen molar-refractivity contribution in [1.82, 2.24) is 65.6 Å². The molecule has 22 heteroatoms. The number of pyridine rings is 1. The van der Waals surface area contributed by atoms with E-state index in [0.29, 0.717) is 83.3 Å². The number of hydrogen-bond acceptors (Lipinski definition) is 15. The van der Waals surface area contributed by atoms with Crippen molar-refractivity contribution >= 4 is 61.2 Å². The van der Waals surface area contributed by atoms with Crippen LogP contribution in [0.2, 0.25) is 0 Å². The predicted molar refractivity (Wildman–Crippen MR) is 326 cm³/mol. The zero-order chi connectivity index (χ0) is 59.4. The molecule has 1 aliphatic carbocycles. The molecule has 15 rings (SSSR count). The second kappa shape index (κ2) is 21.9. The average molecular weight is 1180 g/mol. The number of aromatic amines is 2.